The third-order valence-corrected chi connectivity index (χ3v) is 3.46. The number of rotatable bonds is 7. The number of amides is 1. The van der Waals surface area contributed by atoms with Gasteiger partial charge in [0.05, 0.1) is 18.7 Å². The lowest BCUT2D eigenvalue weighted by molar-refractivity contribution is 0.0943. The Bertz CT molecular complexity index is 661. The maximum atomic E-state index is 13.6. The fourth-order valence-corrected chi connectivity index (χ4v) is 2.23. The minimum absolute atomic E-state index is 0.00858. The Hall–Kier alpha value is -2.08. The van der Waals surface area contributed by atoms with Crippen molar-refractivity contribution in [2.75, 3.05) is 19.8 Å². The van der Waals surface area contributed by atoms with E-state index in [1.165, 1.54) is 12.1 Å². The fraction of sp³-hybridized carbons (Fsp3) is 0.235. The summed E-state index contributed by atoms with van der Waals surface area (Å²) in [5.74, 6) is 0.422. The van der Waals surface area contributed by atoms with Crippen molar-refractivity contribution in [3.8, 4) is 11.5 Å². The van der Waals surface area contributed by atoms with Crippen LogP contribution in [0.2, 0.25) is 0 Å². The first-order chi connectivity index (χ1) is 11.1. The molecular formula is C17H17BrFNO3. The van der Waals surface area contributed by atoms with Crippen molar-refractivity contribution in [2.24, 2.45) is 0 Å². The summed E-state index contributed by atoms with van der Waals surface area (Å²) in [5.41, 5.74) is 0.00858. The van der Waals surface area contributed by atoms with Crippen LogP contribution in [0.3, 0.4) is 0 Å². The van der Waals surface area contributed by atoms with Crippen molar-refractivity contribution in [2.45, 2.75) is 6.92 Å². The molecule has 4 nitrogen and oxygen atoms in total. The number of benzene rings is 2. The molecule has 2 rings (SSSR count). The summed E-state index contributed by atoms with van der Waals surface area (Å²) >= 11 is 3.15. The van der Waals surface area contributed by atoms with Crippen molar-refractivity contribution in [1.82, 2.24) is 5.32 Å². The van der Waals surface area contributed by atoms with E-state index >= 15 is 0 Å². The summed E-state index contributed by atoms with van der Waals surface area (Å²) in [6, 6.07) is 11.5. The van der Waals surface area contributed by atoms with Crippen molar-refractivity contribution in [3.63, 3.8) is 0 Å². The molecule has 6 heteroatoms. The van der Waals surface area contributed by atoms with Gasteiger partial charge in [-0.25, -0.2) is 4.39 Å². The SMILES string of the molecule is CCOc1ccc(OCCNC(=O)c2ccc(Br)cc2F)cc1. The lowest BCUT2D eigenvalue weighted by Crippen LogP contribution is -2.28. The van der Waals surface area contributed by atoms with Crippen LogP contribution in [-0.4, -0.2) is 25.7 Å². The molecule has 0 aliphatic heterocycles. The second-order valence-electron chi connectivity index (χ2n) is 4.63. The molecule has 0 radical (unpaired) electrons. The Morgan fingerprint density at radius 2 is 1.78 bits per heavy atom. The maximum absolute atomic E-state index is 13.6. The highest BCUT2D eigenvalue weighted by molar-refractivity contribution is 9.10. The fourth-order valence-electron chi connectivity index (χ4n) is 1.90. The van der Waals surface area contributed by atoms with Gasteiger partial charge in [0.25, 0.3) is 5.91 Å². The molecule has 1 amide bonds. The summed E-state index contributed by atoms with van der Waals surface area (Å²) in [5, 5.41) is 2.62. The third-order valence-electron chi connectivity index (χ3n) is 2.97. The molecule has 2 aromatic rings. The van der Waals surface area contributed by atoms with Crippen LogP contribution in [0.1, 0.15) is 17.3 Å². The van der Waals surface area contributed by atoms with Crippen molar-refractivity contribution >= 4 is 21.8 Å². The first-order valence-corrected chi connectivity index (χ1v) is 7.98. The zero-order chi connectivity index (χ0) is 16.7. The van der Waals surface area contributed by atoms with E-state index in [9.17, 15) is 9.18 Å². The van der Waals surface area contributed by atoms with Crippen LogP contribution in [0.25, 0.3) is 0 Å². The highest BCUT2D eigenvalue weighted by Gasteiger charge is 2.11. The monoisotopic (exact) mass is 381 g/mol. The predicted octanol–water partition coefficient (Wildman–Crippen LogP) is 3.80. The zero-order valence-electron chi connectivity index (χ0n) is 12.6. The standard InChI is InChI=1S/C17H17BrFNO3/c1-2-22-13-4-6-14(7-5-13)23-10-9-20-17(21)15-8-3-12(18)11-16(15)19/h3-8,11H,2,9-10H2,1H3,(H,20,21). The summed E-state index contributed by atoms with van der Waals surface area (Å²) in [7, 11) is 0. The summed E-state index contributed by atoms with van der Waals surface area (Å²) in [6.07, 6.45) is 0. The molecule has 0 aliphatic rings. The number of hydrogen-bond donors (Lipinski definition) is 1. The van der Waals surface area contributed by atoms with Crippen LogP contribution in [-0.2, 0) is 0 Å². The quantitative estimate of drug-likeness (QED) is 0.742. The largest absolute Gasteiger partial charge is 0.494 e. The second-order valence-corrected chi connectivity index (χ2v) is 5.55. The number of ether oxygens (including phenoxy) is 2. The van der Waals surface area contributed by atoms with Gasteiger partial charge in [0.1, 0.15) is 23.9 Å². The molecule has 0 heterocycles. The molecule has 1 N–H and O–H groups in total. The molecule has 0 aromatic heterocycles. The molecule has 0 spiro atoms. The number of nitrogens with one attached hydrogen (secondary N) is 1. The van der Waals surface area contributed by atoms with E-state index in [-0.39, 0.29) is 18.7 Å². The van der Waals surface area contributed by atoms with E-state index in [1.807, 2.05) is 19.1 Å². The van der Waals surface area contributed by atoms with E-state index in [0.29, 0.717) is 16.8 Å². The van der Waals surface area contributed by atoms with Crippen LogP contribution in [0, 0.1) is 5.82 Å². The zero-order valence-corrected chi connectivity index (χ0v) is 14.2. The molecule has 2 aromatic carbocycles. The smallest absolute Gasteiger partial charge is 0.254 e. The molecule has 0 bridgehead atoms. The first kappa shape index (κ1) is 17.3. The Balaban J connectivity index is 1.77. The van der Waals surface area contributed by atoms with Crippen LogP contribution in [0.4, 0.5) is 4.39 Å². The van der Waals surface area contributed by atoms with Gasteiger partial charge in [0.15, 0.2) is 0 Å². The Labute approximate surface area is 142 Å². The Kier molecular flexibility index (Phi) is 6.40. The molecule has 0 unspecified atom stereocenters. The van der Waals surface area contributed by atoms with Gasteiger partial charge in [0, 0.05) is 4.47 Å². The summed E-state index contributed by atoms with van der Waals surface area (Å²) < 4.78 is 25.1. The minimum Gasteiger partial charge on any atom is -0.494 e. The van der Waals surface area contributed by atoms with E-state index in [0.717, 1.165) is 5.75 Å². The Morgan fingerprint density at radius 3 is 2.39 bits per heavy atom. The van der Waals surface area contributed by atoms with E-state index in [1.54, 1.807) is 18.2 Å². The number of halogens is 2. The first-order valence-electron chi connectivity index (χ1n) is 7.19. The van der Waals surface area contributed by atoms with Crippen LogP contribution < -0.4 is 14.8 Å². The molecule has 0 saturated carbocycles. The second kappa shape index (κ2) is 8.53. The number of hydrogen-bond acceptors (Lipinski definition) is 3. The van der Waals surface area contributed by atoms with Gasteiger partial charge in [0.2, 0.25) is 0 Å². The van der Waals surface area contributed by atoms with Gasteiger partial charge >= 0.3 is 0 Å². The van der Waals surface area contributed by atoms with E-state index in [4.69, 9.17) is 9.47 Å². The minimum atomic E-state index is -0.565. The molecule has 0 atom stereocenters. The van der Waals surface area contributed by atoms with E-state index in [2.05, 4.69) is 21.2 Å². The third kappa shape index (κ3) is 5.25. The number of carbonyl (C=O) groups is 1. The molecule has 122 valence electrons. The lowest BCUT2D eigenvalue weighted by atomic mass is 10.2. The lowest BCUT2D eigenvalue weighted by Gasteiger charge is -2.09. The highest BCUT2D eigenvalue weighted by atomic mass is 79.9. The summed E-state index contributed by atoms with van der Waals surface area (Å²) in [6.45, 7) is 3.10. The van der Waals surface area contributed by atoms with Crippen molar-refractivity contribution < 1.29 is 18.7 Å². The highest BCUT2D eigenvalue weighted by Crippen LogP contribution is 2.17. The molecule has 23 heavy (non-hydrogen) atoms. The van der Waals surface area contributed by atoms with Gasteiger partial charge in [-0.05, 0) is 49.4 Å². The number of carbonyl (C=O) groups excluding carboxylic acids is 1. The van der Waals surface area contributed by atoms with Gasteiger partial charge in [-0.15, -0.1) is 0 Å². The van der Waals surface area contributed by atoms with Gasteiger partial charge in [-0.2, -0.15) is 0 Å². The average molecular weight is 382 g/mol. The Morgan fingerprint density at radius 1 is 1.13 bits per heavy atom. The topological polar surface area (TPSA) is 47.6 Å². The van der Waals surface area contributed by atoms with Crippen molar-refractivity contribution in [1.29, 1.82) is 0 Å². The van der Waals surface area contributed by atoms with Gasteiger partial charge in [-0.1, -0.05) is 15.9 Å². The van der Waals surface area contributed by atoms with E-state index < -0.39 is 11.7 Å². The van der Waals surface area contributed by atoms with Crippen LogP contribution in [0.15, 0.2) is 46.9 Å². The molecule has 0 saturated heterocycles. The van der Waals surface area contributed by atoms with Gasteiger partial charge in [-0.3, -0.25) is 4.79 Å². The van der Waals surface area contributed by atoms with Crippen molar-refractivity contribution in [3.05, 3.63) is 58.3 Å². The summed E-state index contributed by atoms with van der Waals surface area (Å²) in [4.78, 5) is 11.9. The predicted molar refractivity (Wildman–Crippen MR) is 89.5 cm³/mol. The molecule has 0 aliphatic carbocycles. The van der Waals surface area contributed by atoms with Crippen LogP contribution in [0.5, 0.6) is 11.5 Å². The van der Waals surface area contributed by atoms with Crippen LogP contribution >= 0.6 is 15.9 Å². The van der Waals surface area contributed by atoms with Gasteiger partial charge < -0.3 is 14.8 Å². The normalized spacial score (nSPS) is 10.2. The maximum Gasteiger partial charge on any atom is 0.254 e. The average Bonchev–Trinajstić information content (AvgIpc) is 2.53. The molecule has 0 fully saturated rings. The molecular weight excluding hydrogens is 365 g/mol.